The zero-order valence-electron chi connectivity index (χ0n) is 12.3. The summed E-state index contributed by atoms with van der Waals surface area (Å²) in [7, 11) is 0. The van der Waals surface area contributed by atoms with Crippen LogP contribution in [0.25, 0.3) is 5.69 Å². The summed E-state index contributed by atoms with van der Waals surface area (Å²) in [6.45, 7) is 7.91. The Morgan fingerprint density at radius 3 is 2.60 bits per heavy atom. The van der Waals surface area contributed by atoms with Crippen LogP contribution in [0, 0.1) is 6.92 Å². The molecule has 0 aliphatic heterocycles. The SMILES string of the molecule is CCc1c(C(=O)O)c(C(C)C)nn1-c1cccc(C)c1. The van der Waals surface area contributed by atoms with Gasteiger partial charge in [0.2, 0.25) is 0 Å². The lowest BCUT2D eigenvalue weighted by molar-refractivity contribution is 0.0694. The van der Waals surface area contributed by atoms with E-state index in [0.717, 1.165) is 16.9 Å². The van der Waals surface area contributed by atoms with Gasteiger partial charge >= 0.3 is 5.97 Å². The van der Waals surface area contributed by atoms with E-state index in [9.17, 15) is 9.90 Å². The highest BCUT2D eigenvalue weighted by atomic mass is 16.4. The summed E-state index contributed by atoms with van der Waals surface area (Å²) in [6, 6.07) is 7.94. The largest absolute Gasteiger partial charge is 0.478 e. The minimum Gasteiger partial charge on any atom is -0.478 e. The van der Waals surface area contributed by atoms with Crippen molar-refractivity contribution in [3.63, 3.8) is 0 Å². The van der Waals surface area contributed by atoms with Gasteiger partial charge in [-0.1, -0.05) is 32.9 Å². The molecular formula is C16H20N2O2. The van der Waals surface area contributed by atoms with E-state index in [4.69, 9.17) is 0 Å². The van der Waals surface area contributed by atoms with Crippen LogP contribution in [0.2, 0.25) is 0 Å². The van der Waals surface area contributed by atoms with Crippen LogP contribution in [0.4, 0.5) is 0 Å². The van der Waals surface area contributed by atoms with Crippen LogP contribution in [0.5, 0.6) is 0 Å². The maximum absolute atomic E-state index is 11.6. The number of carbonyl (C=O) groups is 1. The van der Waals surface area contributed by atoms with Gasteiger partial charge in [-0.05, 0) is 37.0 Å². The number of carboxylic acids is 1. The number of hydrogen-bond donors (Lipinski definition) is 1. The predicted molar refractivity (Wildman–Crippen MR) is 78.7 cm³/mol. The molecule has 4 heteroatoms. The Labute approximate surface area is 119 Å². The number of nitrogens with zero attached hydrogens (tertiary/aromatic N) is 2. The molecule has 2 rings (SSSR count). The van der Waals surface area contributed by atoms with Gasteiger partial charge in [-0.25, -0.2) is 9.48 Å². The van der Waals surface area contributed by atoms with E-state index in [0.29, 0.717) is 17.7 Å². The fraction of sp³-hybridized carbons (Fsp3) is 0.375. The molecule has 0 atom stereocenters. The zero-order valence-corrected chi connectivity index (χ0v) is 12.3. The molecule has 1 N–H and O–H groups in total. The first-order chi connectivity index (χ1) is 9.45. The van der Waals surface area contributed by atoms with Crippen molar-refractivity contribution < 1.29 is 9.90 Å². The van der Waals surface area contributed by atoms with Gasteiger partial charge in [0.25, 0.3) is 0 Å². The first kappa shape index (κ1) is 14.3. The molecule has 0 aliphatic carbocycles. The summed E-state index contributed by atoms with van der Waals surface area (Å²) in [6.07, 6.45) is 0.634. The summed E-state index contributed by atoms with van der Waals surface area (Å²) >= 11 is 0. The molecular weight excluding hydrogens is 252 g/mol. The second kappa shape index (κ2) is 5.49. The lowest BCUT2D eigenvalue weighted by Gasteiger charge is -2.07. The van der Waals surface area contributed by atoms with Crippen molar-refractivity contribution in [2.75, 3.05) is 0 Å². The van der Waals surface area contributed by atoms with Gasteiger partial charge in [-0.15, -0.1) is 0 Å². The van der Waals surface area contributed by atoms with Gasteiger partial charge < -0.3 is 5.11 Å². The van der Waals surface area contributed by atoms with Crippen LogP contribution in [0.1, 0.15) is 54.0 Å². The highest BCUT2D eigenvalue weighted by Gasteiger charge is 2.24. The molecule has 1 aromatic heterocycles. The van der Waals surface area contributed by atoms with Gasteiger partial charge in [0.05, 0.1) is 17.1 Å². The molecule has 1 aromatic carbocycles. The summed E-state index contributed by atoms with van der Waals surface area (Å²) in [4.78, 5) is 11.6. The quantitative estimate of drug-likeness (QED) is 0.925. The van der Waals surface area contributed by atoms with Crippen molar-refractivity contribution in [3.05, 3.63) is 46.8 Å². The number of aromatic nitrogens is 2. The lowest BCUT2D eigenvalue weighted by atomic mass is 10.0. The van der Waals surface area contributed by atoms with Gasteiger partial charge in [-0.3, -0.25) is 0 Å². The van der Waals surface area contributed by atoms with Crippen LogP contribution >= 0.6 is 0 Å². The van der Waals surface area contributed by atoms with Crippen molar-refractivity contribution in [2.45, 2.75) is 40.0 Å². The summed E-state index contributed by atoms with van der Waals surface area (Å²) in [5.74, 6) is -0.818. The number of carboxylic acid groups (broad SMARTS) is 1. The Morgan fingerprint density at radius 1 is 1.40 bits per heavy atom. The fourth-order valence-corrected chi connectivity index (χ4v) is 2.41. The normalized spacial score (nSPS) is 11.1. The van der Waals surface area contributed by atoms with E-state index in [1.807, 2.05) is 52.0 Å². The van der Waals surface area contributed by atoms with Crippen LogP contribution in [-0.2, 0) is 6.42 Å². The van der Waals surface area contributed by atoms with E-state index >= 15 is 0 Å². The minimum atomic E-state index is -0.899. The number of benzene rings is 1. The van der Waals surface area contributed by atoms with Gasteiger partial charge in [-0.2, -0.15) is 5.10 Å². The Balaban J connectivity index is 2.71. The monoisotopic (exact) mass is 272 g/mol. The molecule has 0 fully saturated rings. The number of rotatable bonds is 4. The summed E-state index contributed by atoms with van der Waals surface area (Å²) < 4.78 is 1.77. The third-order valence-corrected chi connectivity index (χ3v) is 3.35. The van der Waals surface area contributed by atoms with Crippen molar-refractivity contribution >= 4 is 5.97 Å². The van der Waals surface area contributed by atoms with Gasteiger partial charge in [0.1, 0.15) is 5.56 Å². The molecule has 0 bridgehead atoms. The molecule has 0 spiro atoms. The second-order valence-electron chi connectivity index (χ2n) is 5.27. The first-order valence-electron chi connectivity index (χ1n) is 6.87. The molecule has 20 heavy (non-hydrogen) atoms. The molecule has 0 saturated heterocycles. The maximum atomic E-state index is 11.6. The highest BCUT2D eigenvalue weighted by Crippen LogP contribution is 2.25. The van der Waals surface area contributed by atoms with Crippen molar-refractivity contribution in [2.24, 2.45) is 0 Å². The van der Waals surface area contributed by atoms with Gasteiger partial charge in [0.15, 0.2) is 0 Å². The Morgan fingerprint density at radius 2 is 2.10 bits per heavy atom. The van der Waals surface area contributed by atoms with E-state index in [1.165, 1.54) is 0 Å². The van der Waals surface area contributed by atoms with Crippen LogP contribution in [0.3, 0.4) is 0 Å². The molecule has 106 valence electrons. The summed E-state index contributed by atoms with van der Waals surface area (Å²) in [5, 5.41) is 14.0. The van der Waals surface area contributed by atoms with E-state index in [-0.39, 0.29) is 5.92 Å². The third-order valence-electron chi connectivity index (χ3n) is 3.35. The standard InChI is InChI=1S/C16H20N2O2/c1-5-13-14(16(19)20)15(10(2)3)17-18(13)12-8-6-7-11(4)9-12/h6-10H,5H2,1-4H3,(H,19,20). The zero-order chi connectivity index (χ0) is 14.9. The number of hydrogen-bond acceptors (Lipinski definition) is 2. The lowest BCUT2D eigenvalue weighted by Crippen LogP contribution is -2.06. The van der Waals surface area contributed by atoms with Crippen LogP contribution < -0.4 is 0 Å². The molecule has 0 saturated carbocycles. The Kier molecular flexibility index (Phi) is 3.93. The highest BCUT2D eigenvalue weighted by molar-refractivity contribution is 5.90. The predicted octanol–water partition coefficient (Wildman–Crippen LogP) is 3.56. The van der Waals surface area contributed by atoms with E-state index in [2.05, 4.69) is 5.10 Å². The second-order valence-corrected chi connectivity index (χ2v) is 5.27. The summed E-state index contributed by atoms with van der Waals surface area (Å²) in [5.41, 5.74) is 3.80. The molecule has 0 aliphatic rings. The fourth-order valence-electron chi connectivity index (χ4n) is 2.41. The number of aryl methyl sites for hydroxylation is 1. The van der Waals surface area contributed by atoms with Crippen LogP contribution in [-0.4, -0.2) is 20.9 Å². The van der Waals surface area contributed by atoms with E-state index < -0.39 is 5.97 Å². The third kappa shape index (κ3) is 2.46. The molecule has 4 nitrogen and oxygen atoms in total. The van der Waals surface area contributed by atoms with Crippen molar-refractivity contribution in [3.8, 4) is 5.69 Å². The molecule has 2 aromatic rings. The van der Waals surface area contributed by atoms with E-state index in [1.54, 1.807) is 4.68 Å². The van der Waals surface area contributed by atoms with Crippen LogP contribution in [0.15, 0.2) is 24.3 Å². The molecule has 0 amide bonds. The maximum Gasteiger partial charge on any atom is 0.339 e. The Bertz CT molecular complexity index is 642. The van der Waals surface area contributed by atoms with Gasteiger partial charge in [0, 0.05) is 0 Å². The topological polar surface area (TPSA) is 55.1 Å². The van der Waals surface area contributed by atoms with Crippen molar-refractivity contribution in [1.82, 2.24) is 9.78 Å². The minimum absolute atomic E-state index is 0.0810. The van der Waals surface area contributed by atoms with Crippen molar-refractivity contribution in [1.29, 1.82) is 0 Å². The molecule has 0 radical (unpaired) electrons. The molecule has 1 heterocycles. The average molecular weight is 272 g/mol. The smallest absolute Gasteiger partial charge is 0.339 e. The molecule has 0 unspecified atom stereocenters. The Hall–Kier alpha value is -2.10. The number of aromatic carboxylic acids is 1. The first-order valence-corrected chi connectivity index (χ1v) is 6.87. The average Bonchev–Trinajstić information content (AvgIpc) is 2.78.